The van der Waals surface area contributed by atoms with E-state index in [1.165, 1.54) is 18.4 Å². The van der Waals surface area contributed by atoms with Gasteiger partial charge in [-0.25, -0.2) is 4.79 Å². The van der Waals surface area contributed by atoms with Gasteiger partial charge in [0.25, 0.3) is 0 Å². The van der Waals surface area contributed by atoms with Crippen LogP contribution < -0.4 is 15.0 Å². The summed E-state index contributed by atoms with van der Waals surface area (Å²) in [5.41, 5.74) is 2.13. The van der Waals surface area contributed by atoms with Gasteiger partial charge in [-0.05, 0) is 30.9 Å². The Bertz CT molecular complexity index is 474. The fourth-order valence-electron chi connectivity index (χ4n) is 2.55. The Morgan fingerprint density at radius 1 is 1.29 bits per heavy atom. The summed E-state index contributed by atoms with van der Waals surface area (Å²) in [6.45, 7) is 6.60. The van der Waals surface area contributed by atoms with Gasteiger partial charge in [-0.3, -0.25) is 4.90 Å². The SMILES string of the molecule is CCCCCOc1cc(N2CCCNC2=O)ccc1CC. The highest BCUT2D eigenvalue weighted by atomic mass is 16.5. The lowest BCUT2D eigenvalue weighted by Gasteiger charge is -2.28. The number of amides is 2. The van der Waals surface area contributed by atoms with E-state index in [0.717, 1.165) is 50.4 Å². The van der Waals surface area contributed by atoms with Crippen molar-refractivity contribution in [2.75, 3.05) is 24.6 Å². The average Bonchev–Trinajstić information content (AvgIpc) is 2.52. The number of hydrogen-bond donors (Lipinski definition) is 1. The molecule has 1 fully saturated rings. The van der Waals surface area contributed by atoms with Crippen LogP contribution in [0, 0.1) is 0 Å². The van der Waals surface area contributed by atoms with Crippen LogP contribution in [0.1, 0.15) is 45.1 Å². The molecule has 21 heavy (non-hydrogen) atoms. The molecule has 2 rings (SSSR count). The minimum atomic E-state index is -0.0116. The lowest BCUT2D eigenvalue weighted by atomic mass is 10.1. The van der Waals surface area contributed by atoms with Gasteiger partial charge >= 0.3 is 6.03 Å². The smallest absolute Gasteiger partial charge is 0.321 e. The zero-order chi connectivity index (χ0) is 15.1. The predicted molar refractivity (Wildman–Crippen MR) is 86.2 cm³/mol. The van der Waals surface area contributed by atoms with Crippen molar-refractivity contribution in [2.45, 2.75) is 46.0 Å². The second-order valence-electron chi connectivity index (χ2n) is 5.44. The summed E-state index contributed by atoms with van der Waals surface area (Å²) in [4.78, 5) is 13.7. The summed E-state index contributed by atoms with van der Waals surface area (Å²) in [5.74, 6) is 0.921. The van der Waals surface area contributed by atoms with Crippen LogP contribution in [0.5, 0.6) is 5.75 Å². The first-order chi connectivity index (χ1) is 10.3. The van der Waals surface area contributed by atoms with Gasteiger partial charge in [0.15, 0.2) is 0 Å². The molecule has 1 heterocycles. The average molecular weight is 290 g/mol. The molecular weight excluding hydrogens is 264 g/mol. The Balaban J connectivity index is 2.10. The number of benzene rings is 1. The van der Waals surface area contributed by atoms with Crippen molar-refractivity contribution >= 4 is 11.7 Å². The molecule has 0 aromatic heterocycles. The molecular formula is C17H26N2O2. The molecule has 1 aliphatic rings. The fraction of sp³-hybridized carbons (Fsp3) is 0.588. The zero-order valence-corrected chi connectivity index (χ0v) is 13.2. The van der Waals surface area contributed by atoms with Crippen molar-refractivity contribution in [2.24, 2.45) is 0 Å². The van der Waals surface area contributed by atoms with E-state index in [-0.39, 0.29) is 6.03 Å². The number of carbonyl (C=O) groups excluding carboxylic acids is 1. The highest BCUT2D eigenvalue weighted by Crippen LogP contribution is 2.27. The third-order valence-electron chi connectivity index (χ3n) is 3.83. The second kappa shape index (κ2) is 7.91. The Labute approximate surface area is 127 Å². The highest BCUT2D eigenvalue weighted by Gasteiger charge is 2.20. The lowest BCUT2D eigenvalue weighted by molar-refractivity contribution is 0.243. The monoisotopic (exact) mass is 290 g/mol. The van der Waals surface area contributed by atoms with Crippen LogP contribution in [-0.2, 0) is 6.42 Å². The van der Waals surface area contributed by atoms with Crippen molar-refractivity contribution in [3.8, 4) is 5.75 Å². The van der Waals surface area contributed by atoms with Crippen molar-refractivity contribution in [1.29, 1.82) is 0 Å². The van der Waals surface area contributed by atoms with E-state index in [1.54, 1.807) is 4.90 Å². The number of hydrogen-bond acceptors (Lipinski definition) is 2. The van der Waals surface area contributed by atoms with E-state index in [1.807, 2.05) is 12.1 Å². The Kier molecular flexibility index (Phi) is 5.90. The number of aryl methyl sites for hydroxylation is 1. The summed E-state index contributed by atoms with van der Waals surface area (Å²) in [5, 5.41) is 2.88. The van der Waals surface area contributed by atoms with Gasteiger partial charge in [-0.1, -0.05) is 32.8 Å². The first-order valence-corrected chi connectivity index (χ1v) is 8.07. The molecule has 0 aliphatic carbocycles. The normalized spacial score (nSPS) is 15.0. The molecule has 1 aromatic carbocycles. The molecule has 0 saturated carbocycles. The van der Waals surface area contributed by atoms with Crippen molar-refractivity contribution in [3.63, 3.8) is 0 Å². The van der Waals surface area contributed by atoms with Crippen LogP contribution in [0.15, 0.2) is 18.2 Å². The Morgan fingerprint density at radius 2 is 2.14 bits per heavy atom. The third kappa shape index (κ3) is 4.13. The van der Waals surface area contributed by atoms with Gasteiger partial charge in [0.2, 0.25) is 0 Å². The van der Waals surface area contributed by atoms with Gasteiger partial charge in [0.05, 0.1) is 6.61 Å². The lowest BCUT2D eigenvalue weighted by Crippen LogP contribution is -2.46. The topological polar surface area (TPSA) is 41.6 Å². The molecule has 0 radical (unpaired) electrons. The first kappa shape index (κ1) is 15.7. The maximum Gasteiger partial charge on any atom is 0.321 e. The van der Waals surface area contributed by atoms with Crippen LogP contribution in [-0.4, -0.2) is 25.7 Å². The van der Waals surface area contributed by atoms with E-state index >= 15 is 0 Å². The molecule has 1 saturated heterocycles. The van der Waals surface area contributed by atoms with Crippen LogP contribution in [0.4, 0.5) is 10.5 Å². The Morgan fingerprint density at radius 3 is 2.86 bits per heavy atom. The van der Waals surface area contributed by atoms with Crippen molar-refractivity contribution in [3.05, 3.63) is 23.8 Å². The molecule has 2 amide bonds. The minimum absolute atomic E-state index is 0.0116. The van der Waals surface area contributed by atoms with Gasteiger partial charge in [0.1, 0.15) is 5.75 Å². The van der Waals surface area contributed by atoms with Crippen LogP contribution in [0.25, 0.3) is 0 Å². The summed E-state index contributed by atoms with van der Waals surface area (Å²) in [6, 6.07) is 6.09. The second-order valence-corrected chi connectivity index (χ2v) is 5.44. The number of anilines is 1. The van der Waals surface area contributed by atoms with Gasteiger partial charge in [-0.15, -0.1) is 0 Å². The molecule has 0 unspecified atom stereocenters. The summed E-state index contributed by atoms with van der Waals surface area (Å²) in [6.07, 6.45) is 5.38. The fourth-order valence-corrected chi connectivity index (χ4v) is 2.55. The van der Waals surface area contributed by atoms with E-state index in [9.17, 15) is 4.79 Å². The first-order valence-electron chi connectivity index (χ1n) is 8.07. The molecule has 1 aliphatic heterocycles. The van der Waals surface area contributed by atoms with Crippen molar-refractivity contribution < 1.29 is 9.53 Å². The van der Waals surface area contributed by atoms with Crippen LogP contribution in [0.2, 0.25) is 0 Å². The number of nitrogens with one attached hydrogen (secondary N) is 1. The molecule has 116 valence electrons. The number of ether oxygens (including phenoxy) is 1. The predicted octanol–water partition coefficient (Wildman–Crippen LogP) is 3.74. The van der Waals surface area contributed by atoms with E-state index in [2.05, 4.69) is 25.2 Å². The molecule has 4 nitrogen and oxygen atoms in total. The largest absolute Gasteiger partial charge is 0.493 e. The highest BCUT2D eigenvalue weighted by molar-refractivity contribution is 5.92. The minimum Gasteiger partial charge on any atom is -0.493 e. The zero-order valence-electron chi connectivity index (χ0n) is 13.2. The standard InChI is InChI=1S/C17H26N2O2/c1-3-5-6-12-21-16-13-15(9-8-14(16)4-2)19-11-7-10-18-17(19)20/h8-9,13H,3-7,10-12H2,1-2H3,(H,18,20). The summed E-state index contributed by atoms with van der Waals surface area (Å²) >= 11 is 0. The number of carbonyl (C=O) groups is 1. The van der Waals surface area contributed by atoms with E-state index in [4.69, 9.17) is 4.74 Å². The maximum absolute atomic E-state index is 11.9. The summed E-state index contributed by atoms with van der Waals surface area (Å²) < 4.78 is 5.94. The molecule has 0 spiro atoms. The molecule has 1 aromatic rings. The van der Waals surface area contributed by atoms with E-state index in [0.29, 0.717) is 0 Å². The van der Waals surface area contributed by atoms with Crippen LogP contribution in [0.3, 0.4) is 0 Å². The number of rotatable bonds is 7. The quantitative estimate of drug-likeness (QED) is 0.777. The third-order valence-corrected chi connectivity index (χ3v) is 3.83. The molecule has 1 N–H and O–H groups in total. The maximum atomic E-state index is 11.9. The Hall–Kier alpha value is -1.71. The number of unbranched alkanes of at least 4 members (excludes halogenated alkanes) is 2. The van der Waals surface area contributed by atoms with Crippen LogP contribution >= 0.6 is 0 Å². The van der Waals surface area contributed by atoms with E-state index < -0.39 is 0 Å². The van der Waals surface area contributed by atoms with Gasteiger partial charge < -0.3 is 10.1 Å². The number of nitrogens with zero attached hydrogens (tertiary/aromatic N) is 1. The molecule has 4 heteroatoms. The number of urea groups is 1. The van der Waals surface area contributed by atoms with Gasteiger partial charge in [0, 0.05) is 24.8 Å². The van der Waals surface area contributed by atoms with Gasteiger partial charge in [-0.2, -0.15) is 0 Å². The molecule has 0 bridgehead atoms. The summed E-state index contributed by atoms with van der Waals surface area (Å²) in [7, 11) is 0. The van der Waals surface area contributed by atoms with Crippen molar-refractivity contribution in [1.82, 2.24) is 5.32 Å². The molecule has 0 atom stereocenters.